The number of carbonyl (C=O) groups excluding carboxylic acids is 1. The molecule has 1 aromatic carbocycles. The van der Waals surface area contributed by atoms with Gasteiger partial charge in [0.15, 0.2) is 0 Å². The van der Waals surface area contributed by atoms with Crippen molar-refractivity contribution in [1.29, 1.82) is 0 Å². The molecule has 0 saturated heterocycles. The average Bonchev–Trinajstić information content (AvgIpc) is 2.46. The number of nitrogens with one attached hydrogen (secondary N) is 1. The third-order valence-electron chi connectivity index (χ3n) is 3.06. The highest BCUT2D eigenvalue weighted by Gasteiger charge is 2.39. The van der Waals surface area contributed by atoms with Crippen molar-refractivity contribution >= 4 is 36.2 Å². The second kappa shape index (κ2) is 7.53. The zero-order valence-corrected chi connectivity index (χ0v) is 14.5. The van der Waals surface area contributed by atoms with Gasteiger partial charge in [0.05, 0.1) is 0 Å². The van der Waals surface area contributed by atoms with Crippen molar-refractivity contribution in [1.82, 2.24) is 0 Å². The van der Waals surface area contributed by atoms with Gasteiger partial charge in [0.1, 0.15) is 0 Å². The molecule has 4 nitrogen and oxygen atoms in total. The molecule has 1 N–H and O–H groups in total. The number of benzene rings is 1. The second-order valence-corrected chi connectivity index (χ2v) is 6.10. The summed E-state index contributed by atoms with van der Waals surface area (Å²) < 4.78 is 51.8. The van der Waals surface area contributed by atoms with E-state index in [1.54, 1.807) is 11.4 Å². The monoisotopic (exact) mass is 400 g/mol. The summed E-state index contributed by atoms with van der Waals surface area (Å²) in [5.74, 6) is -2.03. The number of aryl methyl sites for hydroxylation is 1. The van der Waals surface area contributed by atoms with Gasteiger partial charge in [-0.05, 0) is 51.0 Å². The van der Waals surface area contributed by atoms with Gasteiger partial charge in [-0.15, -0.1) is 4.52 Å². The summed E-state index contributed by atoms with van der Waals surface area (Å²) in [6.07, 6.45) is -3.98. The number of rotatable bonds is 6. The average molecular weight is 401 g/mol. The summed E-state index contributed by atoms with van der Waals surface area (Å²) in [7, 11) is -0.990. The molecule has 0 spiro atoms. The lowest BCUT2D eigenvalue weighted by Crippen LogP contribution is -2.30. The van der Waals surface area contributed by atoms with Crippen LogP contribution in [0.15, 0.2) is 18.2 Å². The normalized spacial score (nSPS) is 14.6. The van der Waals surface area contributed by atoms with Crippen LogP contribution in [0.5, 0.6) is 0 Å². The van der Waals surface area contributed by atoms with E-state index in [0.29, 0.717) is 24.0 Å². The Morgan fingerprint density at radius 2 is 2.00 bits per heavy atom. The molecule has 22 heavy (non-hydrogen) atoms. The first-order chi connectivity index (χ1) is 10.2. The maximum Gasteiger partial charge on any atom is 0.495 e. The van der Waals surface area contributed by atoms with Gasteiger partial charge in [-0.25, -0.2) is 0 Å². The van der Waals surface area contributed by atoms with E-state index < -0.39 is 25.3 Å². The lowest BCUT2D eigenvalue weighted by atomic mass is 9.98. The van der Waals surface area contributed by atoms with E-state index in [9.17, 15) is 22.5 Å². The van der Waals surface area contributed by atoms with Crippen LogP contribution in [0, 0.1) is 0 Å². The maximum absolute atomic E-state index is 12.3. The van der Waals surface area contributed by atoms with Crippen molar-refractivity contribution in [3.8, 4) is 0 Å². The van der Waals surface area contributed by atoms with Crippen LogP contribution in [0.2, 0.25) is 0 Å². The third kappa shape index (κ3) is 4.51. The van der Waals surface area contributed by atoms with Crippen molar-refractivity contribution < 1.29 is 27.1 Å². The number of amides is 1. The minimum absolute atomic E-state index is 0.0402. The summed E-state index contributed by atoms with van der Waals surface area (Å²) in [6.45, 7) is 3.63. The summed E-state index contributed by atoms with van der Waals surface area (Å²) in [6, 6.07) is 4.34. The van der Waals surface area contributed by atoms with Gasteiger partial charge in [0.2, 0.25) is 4.51 Å². The van der Waals surface area contributed by atoms with E-state index in [1.165, 1.54) is 12.1 Å². The Hall–Kier alpha value is -0.980. The Morgan fingerprint density at radius 3 is 2.45 bits per heavy atom. The molecular formula is C13H15BrF3NO3P+. The van der Waals surface area contributed by atoms with E-state index in [1.807, 2.05) is 13.8 Å². The van der Waals surface area contributed by atoms with E-state index in [4.69, 9.17) is 4.52 Å². The maximum atomic E-state index is 12.3. The molecule has 0 aliphatic carbocycles. The largest absolute Gasteiger partial charge is 0.495 e. The summed E-state index contributed by atoms with van der Waals surface area (Å²) in [5.41, 5.74) is 1.38. The van der Waals surface area contributed by atoms with Crippen LogP contribution in [0.25, 0.3) is 0 Å². The Labute approximate surface area is 135 Å². The number of alkyl halides is 4. The Balaban J connectivity index is 3.16. The molecule has 0 aliphatic rings. The lowest BCUT2D eigenvalue weighted by molar-refractivity contribution is -0.167. The molecular weight excluding hydrogens is 386 g/mol. The fourth-order valence-corrected chi connectivity index (χ4v) is 2.89. The minimum Gasteiger partial charge on any atom is -0.318 e. The highest BCUT2D eigenvalue weighted by atomic mass is 79.9. The van der Waals surface area contributed by atoms with E-state index in [2.05, 4.69) is 15.9 Å². The summed E-state index contributed by atoms with van der Waals surface area (Å²) >= 11 is 3.37. The first-order valence-electron chi connectivity index (χ1n) is 6.43. The highest BCUT2D eigenvalue weighted by Crippen LogP contribution is 2.41. The minimum atomic E-state index is -4.94. The zero-order chi connectivity index (χ0) is 17.0. The SMILES string of the molecule is CCc1cc(NC(=O)C(F)(F)F)ccc1C(Br)(CC)O[PH+]=O. The lowest BCUT2D eigenvalue weighted by Gasteiger charge is -2.23. The number of carbonyl (C=O) groups is 1. The fourth-order valence-electron chi connectivity index (χ4n) is 1.91. The van der Waals surface area contributed by atoms with Crippen LogP contribution >= 0.6 is 24.6 Å². The van der Waals surface area contributed by atoms with Gasteiger partial charge in [-0.2, -0.15) is 13.2 Å². The van der Waals surface area contributed by atoms with E-state index in [0.717, 1.165) is 0 Å². The first kappa shape index (κ1) is 19.1. The van der Waals surface area contributed by atoms with Crippen molar-refractivity contribution in [2.75, 3.05) is 5.32 Å². The van der Waals surface area contributed by atoms with E-state index in [-0.39, 0.29) is 5.69 Å². The van der Waals surface area contributed by atoms with Crippen LogP contribution in [-0.4, -0.2) is 12.1 Å². The smallest absolute Gasteiger partial charge is 0.318 e. The first-order valence-corrected chi connectivity index (χ1v) is 8.04. The third-order valence-corrected chi connectivity index (χ3v) is 4.94. The molecule has 0 fully saturated rings. The molecule has 0 bridgehead atoms. The van der Waals surface area contributed by atoms with Crippen molar-refractivity contribution in [3.63, 3.8) is 0 Å². The number of halogens is 4. The predicted octanol–water partition coefficient (Wildman–Crippen LogP) is 4.66. The second-order valence-electron chi connectivity index (χ2n) is 4.44. The number of anilines is 1. The van der Waals surface area contributed by atoms with Crippen molar-refractivity contribution in [3.05, 3.63) is 29.3 Å². The molecule has 0 heterocycles. The Bertz CT molecular complexity index is 568. The number of hydrogen-bond acceptors (Lipinski definition) is 3. The summed E-state index contributed by atoms with van der Waals surface area (Å²) in [5, 5.41) is 1.81. The van der Waals surface area contributed by atoms with Crippen molar-refractivity contribution in [2.24, 2.45) is 0 Å². The topological polar surface area (TPSA) is 55.4 Å². The van der Waals surface area contributed by atoms with Crippen LogP contribution in [0.3, 0.4) is 0 Å². The van der Waals surface area contributed by atoms with E-state index >= 15 is 0 Å². The van der Waals surface area contributed by atoms with Crippen LogP contribution in [-0.2, 0) is 24.8 Å². The molecule has 0 radical (unpaired) electrons. The molecule has 9 heteroatoms. The van der Waals surface area contributed by atoms with Crippen LogP contribution in [0.1, 0.15) is 31.4 Å². The van der Waals surface area contributed by atoms with Gasteiger partial charge >= 0.3 is 20.8 Å². The molecule has 122 valence electrons. The molecule has 0 saturated carbocycles. The quantitative estimate of drug-likeness (QED) is 0.557. The summed E-state index contributed by atoms with van der Waals surface area (Å²) in [4.78, 5) is 11.0. The highest BCUT2D eigenvalue weighted by molar-refractivity contribution is 9.09. The van der Waals surface area contributed by atoms with Gasteiger partial charge in [-0.3, -0.25) is 4.79 Å². The van der Waals surface area contributed by atoms with Gasteiger partial charge in [0, 0.05) is 11.3 Å². The molecule has 2 atom stereocenters. The molecule has 1 rings (SSSR count). The Morgan fingerprint density at radius 1 is 1.36 bits per heavy atom. The molecule has 0 aromatic heterocycles. The zero-order valence-electron chi connectivity index (χ0n) is 11.9. The van der Waals surface area contributed by atoms with Crippen LogP contribution < -0.4 is 5.32 Å². The molecule has 1 amide bonds. The standard InChI is InChI=1S/C13H14BrF3NO3P/c1-3-8-7-9(18-11(19)13(15,16)17)5-6-10(8)12(14,4-2)21-22-20/h5-7,22H,3-4H2,1-2H3/p+1. The molecule has 2 unspecified atom stereocenters. The Kier molecular flexibility index (Phi) is 6.52. The predicted molar refractivity (Wildman–Crippen MR) is 81.5 cm³/mol. The fraction of sp³-hybridized carbons (Fsp3) is 0.462. The van der Waals surface area contributed by atoms with Gasteiger partial charge < -0.3 is 5.32 Å². The van der Waals surface area contributed by atoms with Gasteiger partial charge in [-0.1, -0.05) is 19.9 Å². The van der Waals surface area contributed by atoms with Gasteiger partial charge in [0.25, 0.3) is 0 Å². The van der Waals surface area contributed by atoms with Crippen LogP contribution in [0.4, 0.5) is 18.9 Å². The molecule has 0 aliphatic heterocycles. The number of hydrogen-bond donors (Lipinski definition) is 1. The van der Waals surface area contributed by atoms with Crippen molar-refractivity contribution in [2.45, 2.75) is 37.4 Å². The molecule has 1 aromatic rings.